The average molecular weight is 283 g/mol. The fraction of sp³-hybridized carbons (Fsp3) is 0.500. The minimum atomic E-state index is -0.0200. The molecule has 0 spiro atoms. The standard InChI is InChI=1S/C13H17NO3.CH4S/c1-14-13(15)9-5-6-17-12-4-3-11(16-2)8-10(12)7-9;1-2/h3-4,8-9H,5-7H2,1-2H3,(H,14,15);2H,1H3. The third kappa shape index (κ3) is 4.06. The molecule has 1 amide bonds. The summed E-state index contributed by atoms with van der Waals surface area (Å²) in [5.74, 6) is 1.71. The van der Waals surface area contributed by atoms with Gasteiger partial charge >= 0.3 is 0 Å². The summed E-state index contributed by atoms with van der Waals surface area (Å²) >= 11 is 3.53. The van der Waals surface area contributed by atoms with E-state index in [0.717, 1.165) is 23.5 Å². The largest absolute Gasteiger partial charge is 0.497 e. The summed E-state index contributed by atoms with van der Waals surface area (Å²) in [6.07, 6.45) is 3.14. The first kappa shape index (κ1) is 15.7. The van der Waals surface area contributed by atoms with Gasteiger partial charge < -0.3 is 14.8 Å². The SMILES string of the molecule is CNC(=O)C1CCOc2ccc(OC)cc2C1.CS. The number of fused-ring (bicyclic) bond motifs is 1. The number of carbonyl (C=O) groups excluding carboxylic acids is 1. The second kappa shape index (κ2) is 7.94. The van der Waals surface area contributed by atoms with Crippen molar-refractivity contribution >= 4 is 18.5 Å². The molecule has 1 atom stereocenters. The molecule has 1 aromatic rings. The number of carbonyl (C=O) groups is 1. The maximum atomic E-state index is 11.7. The molecule has 2 rings (SSSR count). The Labute approximate surface area is 119 Å². The molecule has 4 nitrogen and oxygen atoms in total. The summed E-state index contributed by atoms with van der Waals surface area (Å²) in [5, 5.41) is 2.70. The first-order chi connectivity index (χ1) is 9.24. The van der Waals surface area contributed by atoms with E-state index in [1.54, 1.807) is 20.4 Å². The maximum Gasteiger partial charge on any atom is 0.223 e. The van der Waals surface area contributed by atoms with E-state index in [2.05, 4.69) is 17.9 Å². The second-order valence-electron chi connectivity index (χ2n) is 4.13. The predicted octanol–water partition coefficient (Wildman–Crippen LogP) is 1.93. The van der Waals surface area contributed by atoms with Crippen LogP contribution in [0.2, 0.25) is 0 Å². The van der Waals surface area contributed by atoms with Crippen LogP contribution in [0.25, 0.3) is 0 Å². The number of hydrogen-bond acceptors (Lipinski definition) is 4. The van der Waals surface area contributed by atoms with Gasteiger partial charge in [0.15, 0.2) is 0 Å². The van der Waals surface area contributed by atoms with Gasteiger partial charge in [-0.2, -0.15) is 12.6 Å². The summed E-state index contributed by atoms with van der Waals surface area (Å²) < 4.78 is 10.8. The van der Waals surface area contributed by atoms with Crippen LogP contribution in [0.1, 0.15) is 12.0 Å². The van der Waals surface area contributed by atoms with Crippen molar-refractivity contribution in [3.8, 4) is 11.5 Å². The number of benzene rings is 1. The quantitative estimate of drug-likeness (QED) is 0.815. The molecule has 0 saturated carbocycles. The molecule has 1 aromatic carbocycles. The van der Waals surface area contributed by atoms with E-state index in [-0.39, 0.29) is 11.8 Å². The fourth-order valence-corrected chi connectivity index (χ4v) is 2.09. The van der Waals surface area contributed by atoms with Crippen LogP contribution in [0, 0.1) is 5.92 Å². The molecule has 0 bridgehead atoms. The van der Waals surface area contributed by atoms with Crippen molar-refractivity contribution in [1.29, 1.82) is 0 Å². The summed E-state index contributed by atoms with van der Waals surface area (Å²) in [5.41, 5.74) is 1.04. The zero-order valence-corrected chi connectivity index (χ0v) is 12.5. The summed E-state index contributed by atoms with van der Waals surface area (Å²) in [6, 6.07) is 5.72. The molecule has 1 aliphatic rings. The zero-order valence-electron chi connectivity index (χ0n) is 11.6. The van der Waals surface area contributed by atoms with Crippen LogP contribution in [0.3, 0.4) is 0 Å². The van der Waals surface area contributed by atoms with Crippen LogP contribution >= 0.6 is 12.6 Å². The third-order valence-corrected chi connectivity index (χ3v) is 3.08. The van der Waals surface area contributed by atoms with Gasteiger partial charge in [-0.1, -0.05) is 0 Å². The van der Waals surface area contributed by atoms with Crippen molar-refractivity contribution in [3.63, 3.8) is 0 Å². The summed E-state index contributed by atoms with van der Waals surface area (Å²) in [6.45, 7) is 0.581. The molecule has 0 saturated heterocycles. The molecule has 106 valence electrons. The topological polar surface area (TPSA) is 47.6 Å². The lowest BCUT2D eigenvalue weighted by molar-refractivity contribution is -0.124. The molecule has 0 aliphatic carbocycles. The van der Waals surface area contributed by atoms with Gasteiger partial charge in [0.2, 0.25) is 5.91 Å². The minimum absolute atomic E-state index is 0.0200. The van der Waals surface area contributed by atoms with Gasteiger partial charge in [-0.3, -0.25) is 4.79 Å². The van der Waals surface area contributed by atoms with Crippen molar-refractivity contribution < 1.29 is 14.3 Å². The first-order valence-electron chi connectivity index (χ1n) is 6.20. The Morgan fingerprint density at radius 3 is 2.84 bits per heavy atom. The lowest BCUT2D eigenvalue weighted by Crippen LogP contribution is -2.29. The van der Waals surface area contributed by atoms with Crippen molar-refractivity contribution in [2.45, 2.75) is 12.8 Å². The maximum absolute atomic E-state index is 11.7. The van der Waals surface area contributed by atoms with Crippen LogP contribution in [0.15, 0.2) is 18.2 Å². The Morgan fingerprint density at radius 2 is 2.21 bits per heavy atom. The number of methoxy groups -OCH3 is 1. The van der Waals surface area contributed by atoms with Gasteiger partial charge in [0.1, 0.15) is 11.5 Å². The lowest BCUT2D eigenvalue weighted by Gasteiger charge is -2.11. The predicted molar refractivity (Wildman–Crippen MR) is 79.3 cm³/mol. The van der Waals surface area contributed by atoms with E-state index < -0.39 is 0 Å². The molecular formula is C14H21NO3S. The minimum Gasteiger partial charge on any atom is -0.497 e. The molecule has 0 radical (unpaired) electrons. The van der Waals surface area contributed by atoms with Crippen molar-refractivity contribution in [2.75, 3.05) is 27.0 Å². The number of nitrogens with one attached hydrogen (secondary N) is 1. The van der Waals surface area contributed by atoms with E-state index in [9.17, 15) is 4.79 Å². The Morgan fingerprint density at radius 1 is 1.47 bits per heavy atom. The van der Waals surface area contributed by atoms with Gasteiger partial charge in [-0.05, 0) is 42.9 Å². The Balaban J connectivity index is 0.000000861. The number of hydrogen-bond donors (Lipinski definition) is 2. The Bertz CT molecular complexity index is 423. The van der Waals surface area contributed by atoms with E-state index in [0.29, 0.717) is 13.0 Å². The van der Waals surface area contributed by atoms with Crippen molar-refractivity contribution in [2.24, 2.45) is 5.92 Å². The van der Waals surface area contributed by atoms with Crippen molar-refractivity contribution in [1.82, 2.24) is 5.32 Å². The van der Waals surface area contributed by atoms with Crippen LogP contribution in [-0.2, 0) is 11.2 Å². The molecule has 19 heavy (non-hydrogen) atoms. The van der Waals surface area contributed by atoms with Crippen LogP contribution < -0.4 is 14.8 Å². The summed E-state index contributed by atoms with van der Waals surface area (Å²) in [4.78, 5) is 11.7. The van der Waals surface area contributed by atoms with Gasteiger partial charge in [-0.15, -0.1) is 0 Å². The third-order valence-electron chi connectivity index (χ3n) is 3.08. The molecule has 1 N–H and O–H groups in total. The molecule has 1 heterocycles. The smallest absolute Gasteiger partial charge is 0.223 e. The van der Waals surface area contributed by atoms with Crippen LogP contribution in [0.5, 0.6) is 11.5 Å². The van der Waals surface area contributed by atoms with Crippen molar-refractivity contribution in [3.05, 3.63) is 23.8 Å². The van der Waals surface area contributed by atoms with Crippen LogP contribution in [0.4, 0.5) is 0 Å². The number of ether oxygens (including phenoxy) is 2. The van der Waals surface area contributed by atoms with E-state index in [1.807, 2.05) is 18.2 Å². The second-order valence-corrected chi connectivity index (χ2v) is 4.13. The number of thiol groups is 1. The molecule has 1 unspecified atom stereocenters. The fourth-order valence-electron chi connectivity index (χ4n) is 2.09. The zero-order chi connectivity index (χ0) is 14.3. The van der Waals surface area contributed by atoms with Gasteiger partial charge in [0, 0.05) is 13.0 Å². The molecule has 1 aliphatic heterocycles. The normalized spacial score (nSPS) is 16.9. The molecular weight excluding hydrogens is 262 g/mol. The van der Waals surface area contributed by atoms with Gasteiger partial charge in [0.25, 0.3) is 0 Å². The van der Waals surface area contributed by atoms with E-state index in [4.69, 9.17) is 9.47 Å². The highest BCUT2D eigenvalue weighted by Crippen LogP contribution is 2.30. The number of rotatable bonds is 2. The molecule has 0 fully saturated rings. The summed E-state index contributed by atoms with van der Waals surface area (Å²) in [7, 11) is 3.30. The number of amides is 1. The highest BCUT2D eigenvalue weighted by molar-refractivity contribution is 7.79. The lowest BCUT2D eigenvalue weighted by atomic mass is 9.96. The Hall–Kier alpha value is -1.36. The highest BCUT2D eigenvalue weighted by Gasteiger charge is 2.23. The highest BCUT2D eigenvalue weighted by atomic mass is 32.1. The van der Waals surface area contributed by atoms with Crippen LogP contribution in [-0.4, -0.2) is 32.9 Å². The molecule has 5 heteroatoms. The Kier molecular flexibility index (Phi) is 6.56. The van der Waals surface area contributed by atoms with Gasteiger partial charge in [-0.25, -0.2) is 0 Å². The molecule has 0 aromatic heterocycles. The average Bonchev–Trinajstić information content (AvgIpc) is 2.69. The van der Waals surface area contributed by atoms with Gasteiger partial charge in [0.05, 0.1) is 13.7 Å². The monoisotopic (exact) mass is 283 g/mol. The van der Waals surface area contributed by atoms with E-state index >= 15 is 0 Å². The van der Waals surface area contributed by atoms with E-state index in [1.165, 1.54) is 0 Å². The first-order valence-corrected chi connectivity index (χ1v) is 7.10.